The molecular formula is C25H46Cl2N-. The maximum atomic E-state index is 2.39. The molecule has 0 heterocycles. The highest BCUT2D eigenvalue weighted by atomic mass is 35.5. The zero-order valence-electron chi connectivity index (χ0n) is 18.8. The van der Waals surface area contributed by atoms with Crippen LogP contribution in [0.5, 0.6) is 0 Å². The van der Waals surface area contributed by atoms with Crippen molar-refractivity contribution in [3.63, 3.8) is 0 Å². The molecule has 0 saturated heterocycles. The second-order valence-corrected chi connectivity index (χ2v) is 8.42. The van der Waals surface area contributed by atoms with Crippen LogP contribution in [-0.4, -0.2) is 7.05 Å². The zero-order chi connectivity index (χ0) is 18.9. The Hall–Kier alpha value is -0.240. The molecule has 1 aromatic carbocycles. The van der Waals surface area contributed by atoms with Gasteiger partial charge in [0.15, 0.2) is 0 Å². The van der Waals surface area contributed by atoms with E-state index in [2.05, 4.69) is 56.5 Å². The first-order valence-electron chi connectivity index (χ1n) is 11.6. The van der Waals surface area contributed by atoms with Crippen LogP contribution >= 0.6 is 0 Å². The van der Waals surface area contributed by atoms with E-state index in [0.29, 0.717) is 0 Å². The molecule has 0 saturated carbocycles. The van der Waals surface area contributed by atoms with E-state index >= 15 is 0 Å². The zero-order valence-corrected chi connectivity index (χ0v) is 20.3. The summed E-state index contributed by atoms with van der Waals surface area (Å²) in [6, 6.07) is 11.0. The molecule has 0 fully saturated rings. The fourth-order valence-corrected chi connectivity index (χ4v) is 3.96. The minimum Gasteiger partial charge on any atom is -1.00 e. The Morgan fingerprint density at radius 3 is 1.43 bits per heavy atom. The topological polar surface area (TPSA) is 16.6 Å². The number of benzene rings is 1. The van der Waals surface area contributed by atoms with Gasteiger partial charge in [-0.3, -0.25) is 0 Å². The predicted molar refractivity (Wildman–Crippen MR) is 117 cm³/mol. The van der Waals surface area contributed by atoms with Crippen molar-refractivity contribution in [1.29, 1.82) is 0 Å². The second kappa shape index (κ2) is 20.0. The van der Waals surface area contributed by atoms with Gasteiger partial charge in [0, 0.05) is 12.0 Å². The van der Waals surface area contributed by atoms with Gasteiger partial charge in [-0.05, 0) is 13.3 Å². The lowest BCUT2D eigenvalue weighted by molar-refractivity contribution is -0.710. The van der Waals surface area contributed by atoms with Gasteiger partial charge in [0.05, 0.1) is 7.05 Å². The van der Waals surface area contributed by atoms with Crippen molar-refractivity contribution >= 4 is 0 Å². The Balaban J connectivity index is 0. The van der Waals surface area contributed by atoms with E-state index in [1.54, 1.807) is 0 Å². The van der Waals surface area contributed by atoms with Crippen LogP contribution in [0.3, 0.4) is 0 Å². The summed E-state index contributed by atoms with van der Waals surface area (Å²) in [5.74, 6) is 0. The third-order valence-electron chi connectivity index (χ3n) is 6.12. The molecule has 0 amide bonds. The summed E-state index contributed by atoms with van der Waals surface area (Å²) in [5, 5.41) is 2.39. The molecule has 166 valence electrons. The van der Waals surface area contributed by atoms with E-state index in [4.69, 9.17) is 0 Å². The van der Waals surface area contributed by atoms with E-state index < -0.39 is 0 Å². The molecule has 1 rings (SSSR count). The summed E-state index contributed by atoms with van der Waals surface area (Å²) >= 11 is 0. The van der Waals surface area contributed by atoms with Crippen LogP contribution in [0.25, 0.3) is 0 Å². The molecule has 3 heteroatoms. The maximum Gasteiger partial charge on any atom is 0.119 e. The molecule has 0 spiro atoms. The number of unbranched alkanes of at least 4 members (excludes halogenated alkanes) is 13. The fourth-order valence-electron chi connectivity index (χ4n) is 3.96. The lowest BCUT2D eigenvalue weighted by atomic mass is 9.86. The first-order valence-corrected chi connectivity index (χ1v) is 11.6. The molecule has 0 aromatic heterocycles. The molecule has 0 aliphatic rings. The summed E-state index contributed by atoms with van der Waals surface area (Å²) in [4.78, 5) is 0. The Bertz CT molecular complexity index is 424. The molecule has 2 N–H and O–H groups in total. The monoisotopic (exact) mass is 430 g/mol. The van der Waals surface area contributed by atoms with Crippen molar-refractivity contribution in [3.05, 3.63) is 35.9 Å². The molecule has 1 aromatic rings. The molecule has 0 aliphatic carbocycles. The van der Waals surface area contributed by atoms with Gasteiger partial charge in [-0.1, -0.05) is 121 Å². The van der Waals surface area contributed by atoms with Gasteiger partial charge in [-0.2, -0.15) is 0 Å². The average Bonchev–Trinajstić information content (AvgIpc) is 2.68. The first-order chi connectivity index (χ1) is 12.7. The highest BCUT2D eigenvalue weighted by molar-refractivity contribution is 5.20. The molecule has 0 aliphatic heterocycles. The highest BCUT2D eigenvalue weighted by Gasteiger charge is 2.27. The van der Waals surface area contributed by atoms with Gasteiger partial charge in [0.2, 0.25) is 0 Å². The molecular weight excluding hydrogens is 385 g/mol. The van der Waals surface area contributed by atoms with Crippen LogP contribution in [-0.2, 0) is 5.54 Å². The second-order valence-electron chi connectivity index (χ2n) is 8.42. The Kier molecular flexibility index (Phi) is 21.5. The SMILES string of the molecule is CCCCCCCCCCCCCCCCC(C)([NH2+]C)c1ccccc1.[Cl-].[Cl-]. The van der Waals surface area contributed by atoms with E-state index in [9.17, 15) is 0 Å². The van der Waals surface area contributed by atoms with Crippen molar-refractivity contribution in [2.75, 3.05) is 7.05 Å². The van der Waals surface area contributed by atoms with Crippen molar-refractivity contribution in [1.82, 2.24) is 0 Å². The van der Waals surface area contributed by atoms with Gasteiger partial charge in [0.1, 0.15) is 5.54 Å². The van der Waals surface area contributed by atoms with Gasteiger partial charge in [-0.15, -0.1) is 0 Å². The fraction of sp³-hybridized carbons (Fsp3) is 0.760. The number of hydrogen-bond donors (Lipinski definition) is 1. The molecule has 0 radical (unpaired) electrons. The van der Waals surface area contributed by atoms with E-state index in [1.807, 2.05) is 0 Å². The predicted octanol–water partition coefficient (Wildman–Crippen LogP) is 0.974. The molecule has 28 heavy (non-hydrogen) atoms. The van der Waals surface area contributed by atoms with Crippen LogP contribution in [0.4, 0.5) is 0 Å². The van der Waals surface area contributed by atoms with E-state index in [0.717, 1.165) is 0 Å². The van der Waals surface area contributed by atoms with Gasteiger partial charge in [0.25, 0.3) is 0 Å². The largest absolute Gasteiger partial charge is 1.00 e. The third kappa shape index (κ3) is 13.9. The lowest BCUT2D eigenvalue weighted by Gasteiger charge is -2.26. The first kappa shape index (κ1) is 30.0. The van der Waals surface area contributed by atoms with Crippen LogP contribution < -0.4 is 30.1 Å². The molecule has 0 bridgehead atoms. The number of halogens is 2. The van der Waals surface area contributed by atoms with Crippen LogP contribution in [0.2, 0.25) is 0 Å². The van der Waals surface area contributed by atoms with Crippen LogP contribution in [0, 0.1) is 0 Å². The van der Waals surface area contributed by atoms with E-state index in [1.165, 1.54) is 102 Å². The van der Waals surface area contributed by atoms with Gasteiger partial charge >= 0.3 is 0 Å². The molecule has 1 atom stereocenters. The van der Waals surface area contributed by atoms with Crippen molar-refractivity contribution in [2.45, 2.75) is 116 Å². The average molecular weight is 432 g/mol. The Morgan fingerprint density at radius 2 is 1.04 bits per heavy atom. The van der Waals surface area contributed by atoms with E-state index in [-0.39, 0.29) is 30.4 Å². The Labute approximate surface area is 188 Å². The van der Waals surface area contributed by atoms with Gasteiger partial charge in [-0.25, -0.2) is 0 Å². The van der Waals surface area contributed by atoms with Gasteiger partial charge < -0.3 is 30.1 Å². The summed E-state index contributed by atoms with van der Waals surface area (Å²) < 4.78 is 0. The molecule has 1 unspecified atom stereocenters. The highest BCUT2D eigenvalue weighted by Crippen LogP contribution is 2.23. The Morgan fingerprint density at radius 1 is 0.643 bits per heavy atom. The smallest absolute Gasteiger partial charge is 0.119 e. The summed E-state index contributed by atoms with van der Waals surface area (Å²) in [6.07, 6.45) is 21.4. The quantitative estimate of drug-likeness (QED) is 0.354. The van der Waals surface area contributed by atoms with Crippen molar-refractivity contribution in [2.24, 2.45) is 0 Å². The van der Waals surface area contributed by atoms with Crippen LogP contribution in [0.15, 0.2) is 30.3 Å². The number of nitrogens with two attached hydrogens (primary N) is 1. The maximum absolute atomic E-state index is 2.39. The summed E-state index contributed by atoms with van der Waals surface area (Å²) in [7, 11) is 2.22. The van der Waals surface area contributed by atoms with Crippen LogP contribution in [0.1, 0.15) is 116 Å². The minimum atomic E-state index is 0. The minimum absolute atomic E-state index is 0. The molecule has 1 nitrogen and oxygen atoms in total. The lowest BCUT2D eigenvalue weighted by Crippen LogP contribution is -3.00. The third-order valence-corrected chi connectivity index (χ3v) is 6.12. The van der Waals surface area contributed by atoms with Crippen molar-refractivity contribution in [3.8, 4) is 0 Å². The number of quaternary nitrogens is 1. The summed E-state index contributed by atoms with van der Waals surface area (Å²) in [5.41, 5.74) is 1.72. The van der Waals surface area contributed by atoms with Crippen molar-refractivity contribution < 1.29 is 30.1 Å². The summed E-state index contributed by atoms with van der Waals surface area (Å²) in [6.45, 7) is 4.69. The number of hydrogen-bond acceptors (Lipinski definition) is 0. The standard InChI is InChI=1S/C25H45N.2ClH/c1-4-5-6-7-8-9-10-11-12-13-14-15-16-20-23-25(2,26-3)24-21-18-17-19-22-24;;/h17-19,21-22,26H,4-16,20,23H2,1-3H3;2*1H/p-1. The normalized spacial score (nSPS) is 12.7. The number of rotatable bonds is 17.